The first kappa shape index (κ1) is 16.0. The number of urea groups is 1. The van der Waals surface area contributed by atoms with Gasteiger partial charge in [0.25, 0.3) is 5.56 Å². The molecule has 0 aliphatic carbocycles. The molecule has 1 aliphatic heterocycles. The van der Waals surface area contributed by atoms with Crippen LogP contribution in [0.2, 0.25) is 0 Å². The van der Waals surface area contributed by atoms with E-state index in [1.54, 1.807) is 26.4 Å². The Hall–Kier alpha value is -2.84. The maximum Gasteiger partial charge on any atom is 0.320 e. The van der Waals surface area contributed by atoms with Crippen molar-refractivity contribution in [2.45, 2.75) is 25.8 Å². The summed E-state index contributed by atoms with van der Waals surface area (Å²) in [5, 5.41) is 9.29. The van der Waals surface area contributed by atoms with Gasteiger partial charge in [0.2, 0.25) is 0 Å². The zero-order valence-corrected chi connectivity index (χ0v) is 13.7. The number of carbonyl (C=O) groups is 1. The van der Waals surface area contributed by atoms with Crippen LogP contribution in [0.5, 0.6) is 0 Å². The van der Waals surface area contributed by atoms with Gasteiger partial charge in [-0.2, -0.15) is 0 Å². The van der Waals surface area contributed by atoms with E-state index >= 15 is 0 Å². The van der Waals surface area contributed by atoms with Crippen molar-refractivity contribution in [3.63, 3.8) is 0 Å². The molecule has 0 bridgehead atoms. The van der Waals surface area contributed by atoms with Crippen molar-refractivity contribution in [3.05, 3.63) is 34.6 Å². The standard InChI is InChI=1S/C15H20N6O3/c1-10-9-24-19-12(10)18-15(23)17-11-4-3-6-21(8-11)13-14(22)20(2)7-5-16-13/h5,7,9,11H,3-4,6,8H2,1-2H3,(H2,17,18,19,23)/t11-/m1/s1. The summed E-state index contributed by atoms with van der Waals surface area (Å²) in [6.45, 7) is 3.08. The molecule has 2 N–H and O–H groups in total. The van der Waals surface area contributed by atoms with Crippen LogP contribution in [0.4, 0.5) is 16.4 Å². The van der Waals surface area contributed by atoms with Crippen molar-refractivity contribution in [1.29, 1.82) is 0 Å². The highest BCUT2D eigenvalue weighted by molar-refractivity contribution is 5.89. The number of aryl methyl sites for hydroxylation is 2. The summed E-state index contributed by atoms with van der Waals surface area (Å²) in [5.41, 5.74) is 0.619. The largest absolute Gasteiger partial charge is 0.362 e. The zero-order valence-electron chi connectivity index (χ0n) is 13.7. The van der Waals surface area contributed by atoms with Crippen LogP contribution in [-0.4, -0.2) is 39.9 Å². The summed E-state index contributed by atoms with van der Waals surface area (Å²) in [5.74, 6) is 0.818. The number of nitrogens with one attached hydrogen (secondary N) is 2. The van der Waals surface area contributed by atoms with Crippen molar-refractivity contribution in [2.75, 3.05) is 23.3 Å². The molecule has 0 spiro atoms. The molecule has 1 aliphatic rings. The van der Waals surface area contributed by atoms with E-state index in [0.29, 0.717) is 18.2 Å². The highest BCUT2D eigenvalue weighted by Gasteiger charge is 2.24. The Morgan fingerprint density at radius 1 is 1.46 bits per heavy atom. The number of rotatable bonds is 3. The maximum absolute atomic E-state index is 12.2. The van der Waals surface area contributed by atoms with Gasteiger partial charge in [0.1, 0.15) is 6.26 Å². The van der Waals surface area contributed by atoms with E-state index in [-0.39, 0.29) is 17.6 Å². The topological polar surface area (TPSA) is 105 Å². The SMILES string of the molecule is Cc1conc1NC(=O)N[C@@H]1CCCN(c2nccn(C)c2=O)C1. The minimum absolute atomic E-state index is 0.0716. The predicted octanol–water partition coefficient (Wildman–Crippen LogP) is 0.867. The molecule has 2 amide bonds. The average Bonchev–Trinajstić information content (AvgIpc) is 2.95. The lowest BCUT2D eigenvalue weighted by atomic mass is 10.1. The highest BCUT2D eigenvalue weighted by Crippen LogP contribution is 2.15. The van der Waals surface area contributed by atoms with Crippen molar-refractivity contribution in [1.82, 2.24) is 20.0 Å². The summed E-state index contributed by atoms with van der Waals surface area (Å²) in [7, 11) is 1.70. The van der Waals surface area contributed by atoms with Crippen molar-refractivity contribution in [3.8, 4) is 0 Å². The summed E-state index contributed by atoms with van der Waals surface area (Å²) in [6.07, 6.45) is 6.41. The number of nitrogens with zero attached hydrogens (tertiary/aromatic N) is 4. The fourth-order valence-electron chi connectivity index (χ4n) is 2.73. The number of carbonyl (C=O) groups excluding carboxylic acids is 1. The van der Waals surface area contributed by atoms with Crippen LogP contribution in [-0.2, 0) is 7.05 Å². The fraction of sp³-hybridized carbons (Fsp3) is 0.467. The Morgan fingerprint density at radius 2 is 2.29 bits per heavy atom. The number of hydrogen-bond acceptors (Lipinski definition) is 6. The normalized spacial score (nSPS) is 17.6. The van der Waals surface area contributed by atoms with Gasteiger partial charge < -0.3 is 19.3 Å². The Kier molecular flexibility index (Phi) is 4.50. The number of anilines is 2. The molecule has 24 heavy (non-hydrogen) atoms. The summed E-state index contributed by atoms with van der Waals surface area (Å²) < 4.78 is 6.29. The van der Waals surface area contributed by atoms with Crippen LogP contribution >= 0.6 is 0 Å². The van der Waals surface area contributed by atoms with E-state index in [4.69, 9.17) is 4.52 Å². The van der Waals surface area contributed by atoms with E-state index in [1.165, 1.54) is 10.8 Å². The monoisotopic (exact) mass is 332 g/mol. The summed E-state index contributed by atoms with van der Waals surface area (Å²) in [6, 6.07) is -0.412. The van der Waals surface area contributed by atoms with Crippen LogP contribution < -0.4 is 21.1 Å². The summed E-state index contributed by atoms with van der Waals surface area (Å²) >= 11 is 0. The quantitative estimate of drug-likeness (QED) is 0.864. The zero-order chi connectivity index (χ0) is 17.1. The molecule has 9 heteroatoms. The molecule has 9 nitrogen and oxygen atoms in total. The Morgan fingerprint density at radius 3 is 3.04 bits per heavy atom. The minimum atomic E-state index is -0.340. The maximum atomic E-state index is 12.2. The van der Waals surface area contributed by atoms with Gasteiger partial charge >= 0.3 is 6.03 Å². The molecule has 1 fully saturated rings. The molecule has 1 atom stereocenters. The number of piperidine rings is 1. The third kappa shape index (κ3) is 3.39. The van der Waals surface area contributed by atoms with E-state index in [2.05, 4.69) is 20.8 Å². The van der Waals surface area contributed by atoms with Crippen molar-refractivity contribution < 1.29 is 9.32 Å². The van der Waals surface area contributed by atoms with Gasteiger partial charge in [-0.25, -0.2) is 9.78 Å². The average molecular weight is 332 g/mol. The first-order chi connectivity index (χ1) is 11.5. The molecular formula is C15H20N6O3. The highest BCUT2D eigenvalue weighted by atomic mass is 16.5. The number of aromatic nitrogens is 3. The Labute approximate surface area is 138 Å². The molecule has 3 heterocycles. The molecule has 3 rings (SSSR count). The second kappa shape index (κ2) is 6.73. The smallest absolute Gasteiger partial charge is 0.320 e. The van der Waals surface area contributed by atoms with E-state index < -0.39 is 0 Å². The molecular weight excluding hydrogens is 312 g/mol. The van der Waals surface area contributed by atoms with E-state index in [9.17, 15) is 9.59 Å². The molecule has 128 valence electrons. The van der Waals surface area contributed by atoms with Gasteiger partial charge in [0, 0.05) is 44.1 Å². The lowest BCUT2D eigenvalue weighted by Crippen LogP contribution is -2.50. The fourth-order valence-corrected chi connectivity index (χ4v) is 2.73. The van der Waals surface area contributed by atoms with Gasteiger partial charge in [0.15, 0.2) is 11.6 Å². The first-order valence-electron chi connectivity index (χ1n) is 7.79. The lowest BCUT2D eigenvalue weighted by molar-refractivity contribution is 0.246. The lowest BCUT2D eigenvalue weighted by Gasteiger charge is -2.33. The first-order valence-corrected chi connectivity index (χ1v) is 7.79. The molecule has 0 saturated carbocycles. The Bertz CT molecular complexity index is 784. The second-order valence-corrected chi connectivity index (χ2v) is 5.90. The third-order valence-electron chi connectivity index (χ3n) is 4.03. The van der Waals surface area contributed by atoms with Gasteiger partial charge in [-0.3, -0.25) is 10.1 Å². The third-order valence-corrected chi connectivity index (χ3v) is 4.03. The molecule has 2 aromatic rings. The van der Waals surface area contributed by atoms with Crippen LogP contribution in [0, 0.1) is 6.92 Å². The van der Waals surface area contributed by atoms with Gasteiger partial charge in [0.05, 0.1) is 0 Å². The molecule has 0 unspecified atom stereocenters. The van der Waals surface area contributed by atoms with E-state index in [0.717, 1.165) is 24.9 Å². The number of hydrogen-bond donors (Lipinski definition) is 2. The molecule has 0 radical (unpaired) electrons. The van der Waals surface area contributed by atoms with Crippen LogP contribution in [0.15, 0.2) is 28.0 Å². The number of amides is 2. The van der Waals surface area contributed by atoms with E-state index in [1.807, 2.05) is 4.90 Å². The van der Waals surface area contributed by atoms with Crippen LogP contribution in [0.1, 0.15) is 18.4 Å². The minimum Gasteiger partial charge on any atom is -0.362 e. The van der Waals surface area contributed by atoms with Crippen LogP contribution in [0.25, 0.3) is 0 Å². The van der Waals surface area contributed by atoms with Crippen LogP contribution in [0.3, 0.4) is 0 Å². The molecule has 0 aromatic carbocycles. The molecule has 1 saturated heterocycles. The van der Waals surface area contributed by atoms with Gasteiger partial charge in [-0.1, -0.05) is 5.16 Å². The predicted molar refractivity (Wildman–Crippen MR) is 88.1 cm³/mol. The van der Waals surface area contributed by atoms with Crippen molar-refractivity contribution >= 4 is 17.7 Å². The summed E-state index contributed by atoms with van der Waals surface area (Å²) in [4.78, 5) is 30.4. The van der Waals surface area contributed by atoms with Gasteiger partial charge in [-0.15, -0.1) is 0 Å². The van der Waals surface area contributed by atoms with Crippen molar-refractivity contribution in [2.24, 2.45) is 7.05 Å². The van der Waals surface area contributed by atoms with Gasteiger partial charge in [-0.05, 0) is 19.8 Å². The Balaban J connectivity index is 1.63. The second-order valence-electron chi connectivity index (χ2n) is 5.90. The molecule has 2 aromatic heterocycles.